The van der Waals surface area contributed by atoms with Crippen LogP contribution in [0.1, 0.15) is 30.5 Å². The van der Waals surface area contributed by atoms with E-state index in [4.69, 9.17) is 0 Å². The highest BCUT2D eigenvalue weighted by Gasteiger charge is 2.03. The van der Waals surface area contributed by atoms with E-state index in [2.05, 4.69) is 52.3 Å². The van der Waals surface area contributed by atoms with Crippen molar-refractivity contribution in [2.24, 2.45) is 0 Å². The number of hydrogen-bond acceptors (Lipinski definition) is 3. The molecule has 4 nitrogen and oxygen atoms in total. The molecule has 0 atom stereocenters. The van der Waals surface area contributed by atoms with Gasteiger partial charge in [-0.25, -0.2) is 0 Å². The fraction of sp³-hybridized carbons (Fsp3) is 0.150. The Labute approximate surface area is 143 Å². The van der Waals surface area contributed by atoms with E-state index < -0.39 is 0 Å². The van der Waals surface area contributed by atoms with Crippen LogP contribution in [0.15, 0.2) is 61.2 Å². The van der Waals surface area contributed by atoms with Gasteiger partial charge in [-0.15, -0.1) is 10.2 Å². The van der Waals surface area contributed by atoms with Crippen LogP contribution in [0.2, 0.25) is 0 Å². The van der Waals surface area contributed by atoms with Crippen molar-refractivity contribution in [2.45, 2.75) is 20.8 Å². The lowest BCUT2D eigenvalue weighted by atomic mass is 10.0. The molecule has 4 heteroatoms. The summed E-state index contributed by atoms with van der Waals surface area (Å²) in [5.74, 6) is 0.590. The molecule has 0 unspecified atom stereocenters. The number of nitrogens with zero attached hydrogens (tertiary/aromatic N) is 3. The van der Waals surface area contributed by atoms with E-state index in [0.29, 0.717) is 5.82 Å². The molecule has 122 valence electrons. The summed E-state index contributed by atoms with van der Waals surface area (Å²) in [4.78, 5) is 0. The minimum atomic E-state index is 0.590. The summed E-state index contributed by atoms with van der Waals surface area (Å²) in [5.41, 5.74) is 5.40. The lowest BCUT2D eigenvalue weighted by Gasteiger charge is -2.03. The van der Waals surface area contributed by atoms with Crippen LogP contribution in [0.5, 0.6) is 0 Å². The number of H-pyrrole nitrogens is 1. The van der Waals surface area contributed by atoms with Crippen LogP contribution in [0.3, 0.4) is 0 Å². The van der Waals surface area contributed by atoms with Crippen LogP contribution < -0.4 is 0 Å². The van der Waals surface area contributed by atoms with E-state index in [1.807, 2.05) is 56.3 Å². The minimum Gasteiger partial charge on any atom is -0.177 e. The summed E-state index contributed by atoms with van der Waals surface area (Å²) in [6.45, 7) is 10.2. The van der Waals surface area contributed by atoms with Crippen LogP contribution in [0, 0.1) is 6.92 Å². The number of hydrogen-bond donors (Lipinski definition) is 1. The zero-order chi connectivity index (χ0) is 17.4. The number of nitrogens with one attached hydrogen (secondary N) is 1. The molecule has 0 aliphatic heterocycles. The molecule has 24 heavy (non-hydrogen) atoms. The van der Waals surface area contributed by atoms with Gasteiger partial charge in [0, 0.05) is 5.56 Å². The van der Waals surface area contributed by atoms with Gasteiger partial charge in [0.05, 0.1) is 0 Å². The first kappa shape index (κ1) is 17.3. The van der Waals surface area contributed by atoms with Crippen LogP contribution in [0.25, 0.3) is 23.0 Å². The van der Waals surface area contributed by atoms with E-state index in [1.165, 1.54) is 11.1 Å². The average Bonchev–Trinajstić information content (AvgIpc) is 3.17. The summed E-state index contributed by atoms with van der Waals surface area (Å²) in [7, 11) is 0. The van der Waals surface area contributed by atoms with Crippen LogP contribution in [-0.2, 0) is 0 Å². The molecule has 1 aromatic heterocycles. The first-order valence-electron chi connectivity index (χ1n) is 8.01. The predicted molar refractivity (Wildman–Crippen MR) is 100 cm³/mol. The Hall–Kier alpha value is -3.01. The fourth-order valence-corrected chi connectivity index (χ4v) is 2.18. The molecule has 1 heterocycles. The second-order valence-corrected chi connectivity index (χ2v) is 5.03. The molecule has 3 aromatic rings. The zero-order valence-electron chi connectivity index (χ0n) is 14.3. The zero-order valence-corrected chi connectivity index (χ0v) is 14.3. The lowest BCUT2D eigenvalue weighted by Crippen LogP contribution is -1.84. The highest BCUT2D eigenvalue weighted by atomic mass is 15.5. The Kier molecular flexibility index (Phi) is 6.20. The highest BCUT2D eigenvalue weighted by Crippen LogP contribution is 2.20. The number of allylic oxidation sites excluding steroid dienone is 2. The second-order valence-electron chi connectivity index (χ2n) is 5.03. The monoisotopic (exact) mass is 318 g/mol. The van der Waals surface area contributed by atoms with Gasteiger partial charge >= 0.3 is 0 Å². The Balaban J connectivity index is 0.00000100. The van der Waals surface area contributed by atoms with Gasteiger partial charge < -0.3 is 0 Å². The molecule has 0 aliphatic carbocycles. The van der Waals surface area contributed by atoms with E-state index in [1.54, 1.807) is 0 Å². The van der Waals surface area contributed by atoms with Gasteiger partial charge in [0.2, 0.25) is 5.82 Å². The number of benzene rings is 2. The first-order chi connectivity index (χ1) is 11.7. The van der Waals surface area contributed by atoms with Crippen molar-refractivity contribution >= 4 is 11.6 Å². The first-order valence-corrected chi connectivity index (χ1v) is 8.01. The normalized spacial score (nSPS) is 10.3. The Morgan fingerprint density at radius 3 is 2.38 bits per heavy atom. The molecule has 1 N–H and O–H groups in total. The number of aromatic amines is 1. The standard InChI is InChI=1S/C18H16N4.C2H6/c1-13-5-3-4-6-15(13)8-7-14(2)16-9-11-17(12-10-16)18-19-21-22-20-18;1-2/h3-12H,2H2,1H3,(H,19,20,21,22);1-2H3/b8-7-;. The van der Waals surface area contributed by atoms with Gasteiger partial charge in [0.15, 0.2) is 0 Å². The quantitative estimate of drug-likeness (QED) is 0.694. The molecule has 0 saturated heterocycles. The van der Waals surface area contributed by atoms with Crippen molar-refractivity contribution in [1.29, 1.82) is 0 Å². The maximum Gasteiger partial charge on any atom is 0.204 e. The van der Waals surface area contributed by atoms with Crippen molar-refractivity contribution in [2.75, 3.05) is 0 Å². The van der Waals surface area contributed by atoms with Crippen molar-refractivity contribution in [1.82, 2.24) is 20.6 Å². The van der Waals surface area contributed by atoms with E-state index in [9.17, 15) is 0 Å². The van der Waals surface area contributed by atoms with Crippen LogP contribution in [-0.4, -0.2) is 20.6 Å². The molecule has 0 bridgehead atoms. The molecule has 2 aromatic carbocycles. The lowest BCUT2D eigenvalue weighted by molar-refractivity contribution is 0.881. The third kappa shape index (κ3) is 4.26. The summed E-state index contributed by atoms with van der Waals surface area (Å²) < 4.78 is 0. The molecular weight excluding hydrogens is 296 g/mol. The maximum atomic E-state index is 4.13. The van der Waals surface area contributed by atoms with E-state index in [0.717, 1.165) is 16.7 Å². The molecule has 0 saturated carbocycles. The second kappa shape index (κ2) is 8.58. The van der Waals surface area contributed by atoms with Crippen LogP contribution in [0.4, 0.5) is 0 Å². The molecule has 3 rings (SSSR count). The Morgan fingerprint density at radius 2 is 1.75 bits per heavy atom. The molecule has 0 fully saturated rings. The average molecular weight is 318 g/mol. The molecule has 0 spiro atoms. The third-order valence-corrected chi connectivity index (χ3v) is 3.51. The summed E-state index contributed by atoms with van der Waals surface area (Å²) >= 11 is 0. The van der Waals surface area contributed by atoms with Crippen molar-refractivity contribution in [3.63, 3.8) is 0 Å². The van der Waals surface area contributed by atoms with Crippen molar-refractivity contribution in [3.8, 4) is 11.4 Å². The van der Waals surface area contributed by atoms with Gasteiger partial charge in [-0.3, -0.25) is 0 Å². The minimum absolute atomic E-state index is 0.590. The summed E-state index contributed by atoms with van der Waals surface area (Å²) in [6, 6.07) is 16.2. The Bertz CT molecular complexity index is 800. The van der Waals surface area contributed by atoms with Crippen molar-refractivity contribution in [3.05, 3.63) is 77.9 Å². The van der Waals surface area contributed by atoms with Gasteiger partial charge in [0.1, 0.15) is 0 Å². The molecular formula is C20H22N4. The maximum absolute atomic E-state index is 4.13. The number of aromatic nitrogens is 4. The Morgan fingerprint density at radius 1 is 1.04 bits per heavy atom. The van der Waals surface area contributed by atoms with E-state index in [-0.39, 0.29) is 0 Å². The number of aryl methyl sites for hydroxylation is 1. The predicted octanol–water partition coefficient (Wildman–Crippen LogP) is 4.93. The van der Waals surface area contributed by atoms with Crippen LogP contribution >= 0.6 is 0 Å². The van der Waals surface area contributed by atoms with Gasteiger partial charge in [-0.1, -0.05) is 81.1 Å². The summed E-state index contributed by atoms with van der Waals surface area (Å²) in [6.07, 6.45) is 4.12. The third-order valence-electron chi connectivity index (χ3n) is 3.51. The van der Waals surface area contributed by atoms with Gasteiger partial charge in [-0.05, 0) is 34.4 Å². The fourth-order valence-electron chi connectivity index (χ4n) is 2.18. The largest absolute Gasteiger partial charge is 0.204 e. The highest BCUT2D eigenvalue weighted by molar-refractivity contribution is 5.78. The van der Waals surface area contributed by atoms with Crippen molar-refractivity contribution < 1.29 is 0 Å². The van der Waals surface area contributed by atoms with Gasteiger partial charge in [0.25, 0.3) is 0 Å². The smallest absolute Gasteiger partial charge is 0.177 e. The summed E-state index contributed by atoms with van der Waals surface area (Å²) in [5, 5.41) is 13.9. The van der Waals surface area contributed by atoms with Gasteiger partial charge in [-0.2, -0.15) is 5.21 Å². The molecule has 0 radical (unpaired) electrons. The van der Waals surface area contributed by atoms with E-state index >= 15 is 0 Å². The number of tetrazole rings is 1. The molecule has 0 amide bonds. The molecule has 0 aliphatic rings. The topological polar surface area (TPSA) is 54.5 Å². The number of rotatable bonds is 4. The SMILES string of the molecule is C=C(/C=C\c1ccccc1C)c1ccc(-c2nn[nH]n2)cc1.CC.